The van der Waals surface area contributed by atoms with Crippen LogP contribution in [-0.4, -0.2) is 12.1 Å². The third-order valence-corrected chi connectivity index (χ3v) is 8.62. The number of hydrogen-bond acceptors (Lipinski definition) is 2. The van der Waals surface area contributed by atoms with Crippen molar-refractivity contribution in [3.05, 3.63) is 0 Å². The normalized spacial score (nSPS) is 36.8. The summed E-state index contributed by atoms with van der Waals surface area (Å²) in [4.78, 5) is 12.0. The van der Waals surface area contributed by atoms with Crippen LogP contribution in [0.3, 0.4) is 0 Å². The minimum atomic E-state index is 0.0511. The molecule has 0 spiro atoms. The molecular formula is C26H46O2. The van der Waals surface area contributed by atoms with Crippen LogP contribution in [0, 0.1) is 29.6 Å². The number of unbranched alkanes of at least 4 members (excludes halogenated alkanes) is 2. The first-order valence-electron chi connectivity index (χ1n) is 12.9. The van der Waals surface area contributed by atoms with Gasteiger partial charge in [-0.2, -0.15) is 0 Å². The summed E-state index contributed by atoms with van der Waals surface area (Å²) in [5.41, 5.74) is 0. The molecule has 3 fully saturated rings. The zero-order valence-electron chi connectivity index (χ0n) is 18.8. The van der Waals surface area contributed by atoms with E-state index >= 15 is 0 Å². The van der Waals surface area contributed by atoms with Crippen LogP contribution >= 0.6 is 0 Å². The second kappa shape index (κ2) is 11.6. The van der Waals surface area contributed by atoms with Crippen molar-refractivity contribution in [2.45, 2.75) is 129 Å². The maximum atomic E-state index is 12.0. The highest BCUT2D eigenvalue weighted by Crippen LogP contribution is 2.45. The molecule has 3 rings (SSSR count). The molecule has 0 heterocycles. The Bertz CT molecular complexity index is 435. The summed E-state index contributed by atoms with van der Waals surface area (Å²) in [5.74, 6) is 5.04. The van der Waals surface area contributed by atoms with E-state index in [2.05, 4.69) is 13.8 Å². The molecule has 2 nitrogen and oxygen atoms in total. The van der Waals surface area contributed by atoms with Gasteiger partial charge in [-0.05, 0) is 100 Å². The number of rotatable bonds is 8. The van der Waals surface area contributed by atoms with Crippen molar-refractivity contribution in [2.24, 2.45) is 29.6 Å². The summed E-state index contributed by atoms with van der Waals surface area (Å²) in [6, 6.07) is 0. The summed E-state index contributed by atoms with van der Waals surface area (Å²) >= 11 is 0. The average molecular weight is 391 g/mol. The first-order valence-corrected chi connectivity index (χ1v) is 12.9. The molecule has 162 valence electrons. The molecule has 0 amide bonds. The first kappa shape index (κ1) is 22.2. The fraction of sp³-hybridized carbons (Fsp3) is 0.962. The number of carbonyl (C=O) groups excluding carboxylic acids is 1. The van der Waals surface area contributed by atoms with E-state index in [-0.39, 0.29) is 12.1 Å². The topological polar surface area (TPSA) is 26.3 Å². The Kier molecular flexibility index (Phi) is 9.18. The number of esters is 1. The van der Waals surface area contributed by atoms with Gasteiger partial charge in [-0.1, -0.05) is 46.0 Å². The van der Waals surface area contributed by atoms with E-state index in [0.29, 0.717) is 6.42 Å². The summed E-state index contributed by atoms with van der Waals surface area (Å²) in [5, 5.41) is 0. The zero-order valence-corrected chi connectivity index (χ0v) is 18.8. The van der Waals surface area contributed by atoms with Gasteiger partial charge in [-0.3, -0.25) is 4.79 Å². The van der Waals surface area contributed by atoms with E-state index in [1.807, 2.05) is 0 Å². The van der Waals surface area contributed by atoms with E-state index in [0.717, 1.165) is 55.3 Å². The predicted molar refractivity (Wildman–Crippen MR) is 117 cm³/mol. The van der Waals surface area contributed by atoms with Crippen LogP contribution < -0.4 is 0 Å². The van der Waals surface area contributed by atoms with Crippen molar-refractivity contribution in [3.63, 3.8) is 0 Å². The molecule has 28 heavy (non-hydrogen) atoms. The lowest BCUT2D eigenvalue weighted by atomic mass is 9.65. The quantitative estimate of drug-likeness (QED) is 0.313. The van der Waals surface area contributed by atoms with Gasteiger partial charge in [0, 0.05) is 6.42 Å². The summed E-state index contributed by atoms with van der Waals surface area (Å²) < 4.78 is 5.75. The fourth-order valence-electron chi connectivity index (χ4n) is 6.60. The smallest absolute Gasteiger partial charge is 0.306 e. The minimum absolute atomic E-state index is 0.0511. The molecule has 0 aliphatic heterocycles. The van der Waals surface area contributed by atoms with Crippen LogP contribution in [0.2, 0.25) is 0 Å². The molecule has 0 N–H and O–H groups in total. The molecule has 2 heteroatoms. The van der Waals surface area contributed by atoms with Crippen molar-refractivity contribution in [3.8, 4) is 0 Å². The Morgan fingerprint density at radius 2 is 1.14 bits per heavy atom. The third kappa shape index (κ3) is 6.49. The van der Waals surface area contributed by atoms with Gasteiger partial charge in [0.1, 0.15) is 6.10 Å². The number of carbonyl (C=O) groups is 1. The Hall–Kier alpha value is -0.530. The van der Waals surface area contributed by atoms with Crippen LogP contribution in [0.1, 0.15) is 123 Å². The molecule has 0 aromatic heterocycles. The summed E-state index contributed by atoms with van der Waals surface area (Å²) in [6.07, 6.45) is 22.4. The van der Waals surface area contributed by atoms with Crippen LogP contribution in [-0.2, 0) is 9.53 Å². The Balaban J connectivity index is 1.31. The SMILES string of the molecule is CCCCCC(=O)O[C@H]1CC[C@H]([C@H]2CC[C@H]([C@H]3CC[C@H](CC)CC3)CC2)CC1. The molecule has 0 radical (unpaired) electrons. The van der Waals surface area contributed by atoms with E-state index in [1.54, 1.807) is 0 Å². The third-order valence-electron chi connectivity index (χ3n) is 8.62. The van der Waals surface area contributed by atoms with Gasteiger partial charge in [-0.15, -0.1) is 0 Å². The average Bonchev–Trinajstić information content (AvgIpc) is 2.75. The van der Waals surface area contributed by atoms with Gasteiger partial charge in [0.2, 0.25) is 0 Å². The Morgan fingerprint density at radius 3 is 1.61 bits per heavy atom. The van der Waals surface area contributed by atoms with E-state index in [1.165, 1.54) is 77.0 Å². The van der Waals surface area contributed by atoms with Crippen molar-refractivity contribution in [1.82, 2.24) is 0 Å². The van der Waals surface area contributed by atoms with Gasteiger partial charge < -0.3 is 4.74 Å². The van der Waals surface area contributed by atoms with Gasteiger partial charge in [0.05, 0.1) is 0 Å². The molecule has 0 aromatic rings. The number of ether oxygens (including phenoxy) is 1. The van der Waals surface area contributed by atoms with Gasteiger partial charge in [0.15, 0.2) is 0 Å². The van der Waals surface area contributed by atoms with E-state index < -0.39 is 0 Å². The van der Waals surface area contributed by atoms with Crippen LogP contribution in [0.25, 0.3) is 0 Å². The highest BCUT2D eigenvalue weighted by atomic mass is 16.5. The van der Waals surface area contributed by atoms with Crippen molar-refractivity contribution >= 4 is 5.97 Å². The second-order valence-electron chi connectivity index (χ2n) is 10.3. The standard InChI is InChI=1S/C26H46O2/c1-3-5-6-7-26(27)28-25-18-16-24(17-19-25)23-14-12-22(13-15-23)21-10-8-20(4-2)9-11-21/h20-25H,3-19H2,1-2H3/t20-,21-,22-,23-,24-,25-. The van der Waals surface area contributed by atoms with Crippen molar-refractivity contribution in [1.29, 1.82) is 0 Å². The van der Waals surface area contributed by atoms with Crippen molar-refractivity contribution in [2.75, 3.05) is 0 Å². The van der Waals surface area contributed by atoms with Crippen LogP contribution in [0.5, 0.6) is 0 Å². The lowest BCUT2D eigenvalue weighted by Gasteiger charge is -2.41. The molecule has 3 saturated carbocycles. The van der Waals surface area contributed by atoms with Gasteiger partial charge in [-0.25, -0.2) is 0 Å². The van der Waals surface area contributed by atoms with E-state index in [9.17, 15) is 4.79 Å². The lowest BCUT2D eigenvalue weighted by Crippen LogP contribution is -2.31. The first-order chi connectivity index (χ1) is 13.7. The molecule has 0 unspecified atom stereocenters. The van der Waals surface area contributed by atoms with Gasteiger partial charge >= 0.3 is 5.97 Å². The molecule has 3 aliphatic rings. The Morgan fingerprint density at radius 1 is 0.679 bits per heavy atom. The highest BCUT2D eigenvalue weighted by molar-refractivity contribution is 5.69. The molecule has 3 aliphatic carbocycles. The zero-order chi connectivity index (χ0) is 19.8. The number of hydrogen-bond donors (Lipinski definition) is 0. The summed E-state index contributed by atoms with van der Waals surface area (Å²) in [7, 11) is 0. The molecule has 0 atom stereocenters. The van der Waals surface area contributed by atoms with Crippen molar-refractivity contribution < 1.29 is 9.53 Å². The molecular weight excluding hydrogens is 344 g/mol. The predicted octanol–water partition coefficient (Wildman–Crippen LogP) is 7.69. The molecule has 0 aromatic carbocycles. The maximum Gasteiger partial charge on any atom is 0.306 e. The minimum Gasteiger partial charge on any atom is -0.462 e. The van der Waals surface area contributed by atoms with Gasteiger partial charge in [0.25, 0.3) is 0 Å². The lowest BCUT2D eigenvalue weighted by molar-refractivity contribution is -0.151. The van der Waals surface area contributed by atoms with Crippen LogP contribution in [0.4, 0.5) is 0 Å². The summed E-state index contributed by atoms with van der Waals surface area (Å²) in [6.45, 7) is 4.55. The Labute approximate surface area is 174 Å². The monoisotopic (exact) mass is 390 g/mol. The maximum absolute atomic E-state index is 12.0. The van der Waals surface area contributed by atoms with E-state index in [4.69, 9.17) is 4.74 Å². The molecule has 0 saturated heterocycles. The second-order valence-corrected chi connectivity index (χ2v) is 10.3. The fourth-order valence-corrected chi connectivity index (χ4v) is 6.60. The highest BCUT2D eigenvalue weighted by Gasteiger charge is 2.35. The molecule has 0 bridgehead atoms. The largest absolute Gasteiger partial charge is 0.462 e. The van der Waals surface area contributed by atoms with Crippen LogP contribution in [0.15, 0.2) is 0 Å².